The first-order valence-corrected chi connectivity index (χ1v) is 5.13. The zero-order valence-corrected chi connectivity index (χ0v) is 9.34. The number of hydrogen-bond acceptors (Lipinski definition) is 2. The van der Waals surface area contributed by atoms with Gasteiger partial charge in [-0.2, -0.15) is 0 Å². The maximum atomic E-state index is 5.82. The van der Waals surface area contributed by atoms with E-state index in [1.807, 2.05) is 6.08 Å². The molecule has 0 aliphatic carbocycles. The molecule has 78 valence electrons. The van der Waals surface area contributed by atoms with Gasteiger partial charge >= 0.3 is 0 Å². The van der Waals surface area contributed by atoms with Crippen LogP contribution in [0, 0.1) is 5.41 Å². The topological polar surface area (TPSA) is 29.3 Å². The highest BCUT2D eigenvalue weighted by molar-refractivity contribution is 4.82. The van der Waals surface area contributed by atoms with Crippen LogP contribution in [0.15, 0.2) is 12.7 Å². The van der Waals surface area contributed by atoms with Crippen LogP contribution in [0.2, 0.25) is 0 Å². The van der Waals surface area contributed by atoms with E-state index in [-0.39, 0.29) is 0 Å². The van der Waals surface area contributed by atoms with Crippen molar-refractivity contribution in [2.24, 2.45) is 11.1 Å². The number of rotatable bonds is 7. The average molecular weight is 184 g/mol. The fourth-order valence-electron chi connectivity index (χ4n) is 1.68. The fraction of sp³-hybridized carbons (Fsp3) is 0.818. The molecule has 0 spiro atoms. The van der Waals surface area contributed by atoms with E-state index in [0.717, 1.165) is 32.5 Å². The molecule has 0 atom stereocenters. The predicted molar refractivity (Wildman–Crippen MR) is 59.8 cm³/mol. The van der Waals surface area contributed by atoms with E-state index in [4.69, 9.17) is 5.73 Å². The van der Waals surface area contributed by atoms with Crippen LogP contribution in [0.5, 0.6) is 0 Å². The van der Waals surface area contributed by atoms with Crippen LogP contribution in [-0.2, 0) is 0 Å². The smallest absolute Gasteiger partial charge is 0.0157 e. The summed E-state index contributed by atoms with van der Waals surface area (Å²) in [5.74, 6) is 0. The summed E-state index contributed by atoms with van der Waals surface area (Å²) in [5, 5.41) is 0. The van der Waals surface area contributed by atoms with Crippen LogP contribution in [0.4, 0.5) is 0 Å². The Labute approximate surface area is 82.8 Å². The summed E-state index contributed by atoms with van der Waals surface area (Å²) in [7, 11) is 2.12. The molecule has 0 aromatic rings. The van der Waals surface area contributed by atoms with Gasteiger partial charge in [-0.25, -0.2) is 0 Å². The van der Waals surface area contributed by atoms with Crippen molar-refractivity contribution < 1.29 is 0 Å². The zero-order valence-electron chi connectivity index (χ0n) is 9.34. The molecule has 0 radical (unpaired) electrons. The Bertz CT molecular complexity index is 131. The van der Waals surface area contributed by atoms with Gasteiger partial charge in [-0.3, -0.25) is 0 Å². The fourth-order valence-corrected chi connectivity index (χ4v) is 1.68. The number of nitrogens with two attached hydrogens (primary N) is 1. The summed E-state index contributed by atoms with van der Waals surface area (Å²) >= 11 is 0. The number of nitrogens with zero attached hydrogens (tertiary/aromatic N) is 1. The van der Waals surface area contributed by atoms with Crippen molar-refractivity contribution in [2.75, 3.05) is 26.7 Å². The Kier molecular flexibility index (Phi) is 6.00. The van der Waals surface area contributed by atoms with E-state index >= 15 is 0 Å². The second-order valence-electron chi connectivity index (χ2n) is 3.90. The molecule has 0 aliphatic heterocycles. The SMILES string of the molecule is C=CCN(C)CC(CC)(CC)CN. The summed E-state index contributed by atoms with van der Waals surface area (Å²) < 4.78 is 0. The number of likely N-dealkylation sites (N-methyl/N-ethyl adjacent to an activating group) is 1. The van der Waals surface area contributed by atoms with E-state index < -0.39 is 0 Å². The first-order valence-electron chi connectivity index (χ1n) is 5.13. The summed E-state index contributed by atoms with van der Waals surface area (Å²) in [4.78, 5) is 2.28. The Morgan fingerprint density at radius 2 is 1.92 bits per heavy atom. The zero-order chi connectivity index (χ0) is 10.3. The van der Waals surface area contributed by atoms with Crippen LogP contribution in [0.25, 0.3) is 0 Å². The molecule has 0 saturated carbocycles. The Morgan fingerprint density at radius 3 is 2.23 bits per heavy atom. The van der Waals surface area contributed by atoms with Crippen LogP contribution in [0.1, 0.15) is 26.7 Å². The first-order chi connectivity index (χ1) is 6.14. The van der Waals surface area contributed by atoms with Crippen molar-refractivity contribution in [2.45, 2.75) is 26.7 Å². The van der Waals surface area contributed by atoms with Gasteiger partial charge in [0.05, 0.1) is 0 Å². The van der Waals surface area contributed by atoms with Gasteiger partial charge in [0.1, 0.15) is 0 Å². The minimum Gasteiger partial charge on any atom is -0.330 e. The van der Waals surface area contributed by atoms with Gasteiger partial charge in [-0.05, 0) is 31.8 Å². The lowest BCUT2D eigenvalue weighted by Gasteiger charge is -2.34. The molecule has 2 N–H and O–H groups in total. The lowest BCUT2D eigenvalue weighted by atomic mass is 9.82. The lowest BCUT2D eigenvalue weighted by Crippen LogP contribution is -2.40. The maximum absolute atomic E-state index is 5.82. The number of hydrogen-bond donors (Lipinski definition) is 1. The molecule has 0 aliphatic rings. The lowest BCUT2D eigenvalue weighted by molar-refractivity contribution is 0.177. The summed E-state index contributed by atoms with van der Waals surface area (Å²) in [6.45, 7) is 11.0. The molecule has 0 fully saturated rings. The van der Waals surface area contributed by atoms with Crippen molar-refractivity contribution in [1.82, 2.24) is 4.90 Å². The van der Waals surface area contributed by atoms with Crippen molar-refractivity contribution in [3.05, 3.63) is 12.7 Å². The van der Waals surface area contributed by atoms with Gasteiger partial charge in [0.25, 0.3) is 0 Å². The van der Waals surface area contributed by atoms with Gasteiger partial charge < -0.3 is 10.6 Å². The quantitative estimate of drug-likeness (QED) is 0.612. The first kappa shape index (κ1) is 12.7. The van der Waals surface area contributed by atoms with E-state index in [2.05, 4.69) is 32.4 Å². The van der Waals surface area contributed by atoms with E-state index in [1.54, 1.807) is 0 Å². The normalized spacial score (nSPS) is 12.1. The van der Waals surface area contributed by atoms with Gasteiger partial charge in [0, 0.05) is 13.1 Å². The Morgan fingerprint density at radius 1 is 1.38 bits per heavy atom. The van der Waals surface area contributed by atoms with Gasteiger partial charge in [0.15, 0.2) is 0 Å². The highest BCUT2D eigenvalue weighted by Crippen LogP contribution is 2.25. The summed E-state index contributed by atoms with van der Waals surface area (Å²) in [6.07, 6.45) is 4.25. The van der Waals surface area contributed by atoms with Gasteiger partial charge in [-0.15, -0.1) is 6.58 Å². The summed E-state index contributed by atoms with van der Waals surface area (Å²) in [6, 6.07) is 0. The highest BCUT2D eigenvalue weighted by atomic mass is 15.1. The Hall–Kier alpha value is -0.340. The molecule has 0 aromatic heterocycles. The van der Waals surface area contributed by atoms with Crippen LogP contribution in [0.3, 0.4) is 0 Å². The molecular weight excluding hydrogens is 160 g/mol. The average Bonchev–Trinajstić information content (AvgIpc) is 2.15. The van der Waals surface area contributed by atoms with Crippen LogP contribution >= 0.6 is 0 Å². The molecule has 0 saturated heterocycles. The second-order valence-corrected chi connectivity index (χ2v) is 3.90. The van der Waals surface area contributed by atoms with Gasteiger partial charge in [-0.1, -0.05) is 19.9 Å². The summed E-state index contributed by atoms with van der Waals surface area (Å²) in [5.41, 5.74) is 6.12. The van der Waals surface area contributed by atoms with Crippen LogP contribution < -0.4 is 5.73 Å². The molecule has 2 nitrogen and oxygen atoms in total. The molecule has 0 amide bonds. The van der Waals surface area contributed by atoms with Crippen molar-refractivity contribution in [3.63, 3.8) is 0 Å². The maximum Gasteiger partial charge on any atom is 0.0157 e. The van der Waals surface area contributed by atoms with E-state index in [9.17, 15) is 0 Å². The predicted octanol–water partition coefficient (Wildman–Crippen LogP) is 1.87. The standard InChI is InChI=1S/C11H24N2/c1-5-8-13(4)10-11(6-2,7-3)9-12/h5H,1,6-10,12H2,2-4H3. The van der Waals surface area contributed by atoms with Crippen molar-refractivity contribution >= 4 is 0 Å². The largest absolute Gasteiger partial charge is 0.330 e. The minimum absolute atomic E-state index is 0.303. The molecule has 13 heavy (non-hydrogen) atoms. The van der Waals surface area contributed by atoms with Crippen LogP contribution in [-0.4, -0.2) is 31.6 Å². The van der Waals surface area contributed by atoms with E-state index in [0.29, 0.717) is 5.41 Å². The third kappa shape index (κ3) is 3.92. The molecule has 0 rings (SSSR count). The molecule has 0 heterocycles. The molecule has 0 aromatic carbocycles. The Balaban J connectivity index is 4.14. The van der Waals surface area contributed by atoms with Crippen molar-refractivity contribution in [3.8, 4) is 0 Å². The third-order valence-electron chi connectivity index (χ3n) is 2.98. The molecular formula is C11H24N2. The third-order valence-corrected chi connectivity index (χ3v) is 2.98. The molecule has 0 unspecified atom stereocenters. The van der Waals surface area contributed by atoms with E-state index in [1.165, 1.54) is 0 Å². The highest BCUT2D eigenvalue weighted by Gasteiger charge is 2.25. The van der Waals surface area contributed by atoms with Gasteiger partial charge in [0.2, 0.25) is 0 Å². The monoisotopic (exact) mass is 184 g/mol. The molecule has 0 bridgehead atoms. The minimum atomic E-state index is 0.303. The van der Waals surface area contributed by atoms with Crippen molar-refractivity contribution in [1.29, 1.82) is 0 Å². The molecule has 2 heteroatoms. The second kappa shape index (κ2) is 6.17.